The summed E-state index contributed by atoms with van der Waals surface area (Å²) in [4.78, 5) is 20.6. The van der Waals surface area contributed by atoms with Crippen LogP contribution in [0.1, 0.15) is 34.5 Å². The van der Waals surface area contributed by atoms with Crippen LogP contribution >= 0.6 is 0 Å². The Morgan fingerprint density at radius 1 is 1.24 bits per heavy atom. The van der Waals surface area contributed by atoms with Crippen molar-refractivity contribution in [3.05, 3.63) is 65.5 Å². The van der Waals surface area contributed by atoms with Crippen molar-refractivity contribution >= 4 is 11.9 Å². The molecule has 2 aromatic rings. The second kappa shape index (κ2) is 7.90. The molecule has 6 nitrogen and oxygen atoms in total. The van der Waals surface area contributed by atoms with E-state index < -0.39 is 5.97 Å². The molecule has 6 heteroatoms. The lowest BCUT2D eigenvalue weighted by Crippen LogP contribution is -2.19. The summed E-state index contributed by atoms with van der Waals surface area (Å²) in [5.74, 6) is 0.0399. The van der Waals surface area contributed by atoms with Gasteiger partial charge in [-0.25, -0.2) is 9.79 Å². The number of carbonyl (C=O) groups is 1. The number of benzene rings is 1. The smallest absolute Gasteiger partial charge is 0.339 e. The molecule has 0 bridgehead atoms. The molecule has 0 aliphatic carbocycles. The molecule has 0 N–H and O–H groups in total. The predicted molar refractivity (Wildman–Crippen MR) is 92.7 cm³/mol. The minimum atomic E-state index is -0.413. The van der Waals surface area contributed by atoms with Gasteiger partial charge in [0.25, 0.3) is 0 Å². The van der Waals surface area contributed by atoms with Crippen LogP contribution in [0.2, 0.25) is 0 Å². The van der Waals surface area contributed by atoms with Crippen LogP contribution in [0.3, 0.4) is 0 Å². The van der Waals surface area contributed by atoms with E-state index in [-0.39, 0.29) is 12.1 Å². The van der Waals surface area contributed by atoms with Gasteiger partial charge in [0.05, 0.1) is 24.3 Å². The summed E-state index contributed by atoms with van der Waals surface area (Å²) in [5, 5.41) is 0. The highest BCUT2D eigenvalue weighted by Gasteiger charge is 2.33. The average molecular weight is 340 g/mol. The molecule has 0 amide bonds. The number of aromatic nitrogens is 1. The van der Waals surface area contributed by atoms with E-state index >= 15 is 0 Å². The van der Waals surface area contributed by atoms with Crippen molar-refractivity contribution in [1.29, 1.82) is 0 Å². The van der Waals surface area contributed by atoms with Crippen molar-refractivity contribution in [2.75, 3.05) is 20.3 Å². The van der Waals surface area contributed by atoms with Gasteiger partial charge in [-0.3, -0.25) is 4.98 Å². The van der Waals surface area contributed by atoms with Crippen molar-refractivity contribution in [2.45, 2.75) is 19.1 Å². The Bertz CT molecular complexity index is 761. The summed E-state index contributed by atoms with van der Waals surface area (Å²) in [5.41, 5.74) is 2.04. The maximum Gasteiger partial charge on any atom is 0.339 e. The average Bonchev–Trinajstić information content (AvgIpc) is 3.07. The third kappa shape index (κ3) is 3.85. The molecule has 3 rings (SSSR count). The molecule has 0 spiro atoms. The molecule has 1 aromatic carbocycles. The van der Waals surface area contributed by atoms with Gasteiger partial charge in [-0.1, -0.05) is 30.3 Å². The summed E-state index contributed by atoms with van der Waals surface area (Å²) in [6, 6.07) is 11.4. The molecule has 25 heavy (non-hydrogen) atoms. The second-order valence-corrected chi connectivity index (χ2v) is 5.59. The minimum absolute atomic E-state index is 0.159. The lowest BCUT2D eigenvalue weighted by molar-refractivity contribution is 0.0526. The first-order chi connectivity index (χ1) is 12.2. The Kier molecular flexibility index (Phi) is 5.40. The SMILES string of the molecule is CCOC(=O)c1cncc(C2=N[C@@H](COC)C(c3ccccc3)O2)c1. The van der Waals surface area contributed by atoms with E-state index in [2.05, 4.69) is 9.98 Å². The number of ether oxygens (including phenoxy) is 3. The first kappa shape index (κ1) is 17.1. The lowest BCUT2D eigenvalue weighted by atomic mass is 10.0. The van der Waals surface area contributed by atoms with Crippen molar-refractivity contribution in [1.82, 2.24) is 4.98 Å². The van der Waals surface area contributed by atoms with Gasteiger partial charge in [0.15, 0.2) is 6.10 Å². The highest BCUT2D eigenvalue weighted by molar-refractivity contribution is 5.98. The van der Waals surface area contributed by atoms with Gasteiger partial charge in [-0.05, 0) is 18.6 Å². The molecular formula is C19H20N2O4. The third-order valence-corrected chi connectivity index (χ3v) is 3.83. The minimum Gasteiger partial charge on any atom is -0.467 e. The summed E-state index contributed by atoms with van der Waals surface area (Å²) in [6.07, 6.45) is 2.86. The van der Waals surface area contributed by atoms with E-state index in [0.29, 0.717) is 30.2 Å². The Morgan fingerprint density at radius 3 is 2.76 bits per heavy atom. The predicted octanol–water partition coefficient (Wildman–Crippen LogP) is 2.79. The van der Waals surface area contributed by atoms with Gasteiger partial charge in [0.2, 0.25) is 5.90 Å². The number of methoxy groups -OCH3 is 1. The van der Waals surface area contributed by atoms with E-state index in [1.807, 2.05) is 30.3 Å². The standard InChI is InChI=1S/C19H20N2O4/c1-3-24-19(22)15-9-14(10-20-11-15)18-21-16(12-23-2)17(25-18)13-7-5-4-6-8-13/h4-11,16-17H,3,12H2,1-2H3/t16-,17?/m0/s1. The van der Waals surface area contributed by atoms with Crippen LogP contribution in [0.4, 0.5) is 0 Å². The largest absolute Gasteiger partial charge is 0.467 e. The molecule has 1 aliphatic heterocycles. The fourth-order valence-corrected chi connectivity index (χ4v) is 2.70. The monoisotopic (exact) mass is 340 g/mol. The Balaban J connectivity index is 1.86. The zero-order valence-corrected chi connectivity index (χ0v) is 14.2. The molecular weight excluding hydrogens is 320 g/mol. The topological polar surface area (TPSA) is 70.0 Å². The molecule has 0 fully saturated rings. The number of rotatable bonds is 6. The molecule has 0 radical (unpaired) electrons. The van der Waals surface area contributed by atoms with Crippen LogP contribution in [0, 0.1) is 0 Å². The third-order valence-electron chi connectivity index (χ3n) is 3.83. The van der Waals surface area contributed by atoms with Gasteiger partial charge in [0, 0.05) is 19.5 Å². The van der Waals surface area contributed by atoms with E-state index in [0.717, 1.165) is 5.56 Å². The maximum absolute atomic E-state index is 11.9. The first-order valence-corrected chi connectivity index (χ1v) is 8.13. The van der Waals surface area contributed by atoms with Gasteiger partial charge in [0.1, 0.15) is 6.04 Å². The number of pyridine rings is 1. The molecule has 2 heterocycles. The molecule has 1 unspecified atom stereocenters. The quantitative estimate of drug-likeness (QED) is 0.756. The number of aliphatic imine (C=N–C) groups is 1. The highest BCUT2D eigenvalue weighted by Crippen LogP contribution is 2.31. The molecule has 0 saturated heterocycles. The van der Waals surface area contributed by atoms with E-state index in [4.69, 9.17) is 14.2 Å². The maximum atomic E-state index is 11.9. The van der Waals surface area contributed by atoms with Gasteiger partial charge in [-0.15, -0.1) is 0 Å². The normalized spacial score (nSPS) is 19.2. The second-order valence-electron chi connectivity index (χ2n) is 5.59. The molecule has 1 aromatic heterocycles. The van der Waals surface area contributed by atoms with Crippen LogP contribution in [-0.4, -0.2) is 43.2 Å². The van der Waals surface area contributed by atoms with Crippen LogP contribution in [-0.2, 0) is 14.2 Å². The van der Waals surface area contributed by atoms with Crippen LogP contribution < -0.4 is 0 Å². The molecule has 0 saturated carbocycles. The van der Waals surface area contributed by atoms with Gasteiger partial charge < -0.3 is 14.2 Å². The van der Waals surface area contributed by atoms with E-state index in [1.165, 1.54) is 6.20 Å². The highest BCUT2D eigenvalue weighted by atomic mass is 16.5. The van der Waals surface area contributed by atoms with Crippen molar-refractivity contribution in [3.8, 4) is 0 Å². The van der Waals surface area contributed by atoms with Crippen molar-refractivity contribution in [3.63, 3.8) is 0 Å². The van der Waals surface area contributed by atoms with Crippen molar-refractivity contribution < 1.29 is 19.0 Å². The Labute approximate surface area is 146 Å². The van der Waals surface area contributed by atoms with E-state index in [9.17, 15) is 4.79 Å². The van der Waals surface area contributed by atoms with Crippen LogP contribution in [0.15, 0.2) is 53.8 Å². The fourth-order valence-electron chi connectivity index (χ4n) is 2.70. The van der Waals surface area contributed by atoms with E-state index in [1.54, 1.807) is 26.3 Å². The number of hydrogen-bond donors (Lipinski definition) is 0. The van der Waals surface area contributed by atoms with Crippen LogP contribution in [0.5, 0.6) is 0 Å². The number of hydrogen-bond acceptors (Lipinski definition) is 6. The van der Waals surface area contributed by atoms with Crippen molar-refractivity contribution in [2.24, 2.45) is 4.99 Å². The fraction of sp³-hybridized carbons (Fsp3) is 0.316. The first-order valence-electron chi connectivity index (χ1n) is 8.13. The molecule has 1 aliphatic rings. The summed E-state index contributed by atoms with van der Waals surface area (Å²) in [7, 11) is 1.64. The summed E-state index contributed by atoms with van der Waals surface area (Å²) >= 11 is 0. The van der Waals surface area contributed by atoms with Gasteiger partial charge in [-0.2, -0.15) is 0 Å². The summed E-state index contributed by atoms with van der Waals surface area (Å²) in [6.45, 7) is 2.51. The van der Waals surface area contributed by atoms with Gasteiger partial charge >= 0.3 is 5.97 Å². The summed E-state index contributed by atoms with van der Waals surface area (Å²) < 4.78 is 16.4. The molecule has 130 valence electrons. The number of esters is 1. The Hall–Kier alpha value is -2.73. The molecule has 2 atom stereocenters. The zero-order valence-electron chi connectivity index (χ0n) is 14.2. The number of nitrogens with zero attached hydrogens (tertiary/aromatic N) is 2. The van der Waals surface area contributed by atoms with Crippen LogP contribution in [0.25, 0.3) is 0 Å². The lowest BCUT2D eigenvalue weighted by Gasteiger charge is -2.17. The Morgan fingerprint density at radius 2 is 2.04 bits per heavy atom. The number of carbonyl (C=O) groups excluding carboxylic acids is 1. The zero-order chi connectivity index (χ0) is 17.6.